The van der Waals surface area contributed by atoms with Crippen LogP contribution in [0.3, 0.4) is 0 Å². The van der Waals surface area contributed by atoms with Crippen LogP contribution in [0.4, 0.5) is 0 Å². The summed E-state index contributed by atoms with van der Waals surface area (Å²) >= 11 is 0. The van der Waals surface area contributed by atoms with E-state index < -0.39 is 0 Å². The average Bonchev–Trinajstić information content (AvgIpc) is 3.19. The Hall–Kier alpha value is -0.120. The van der Waals surface area contributed by atoms with Crippen LogP contribution in [0.15, 0.2) is 0 Å². The average molecular weight is 363 g/mol. The van der Waals surface area contributed by atoms with E-state index in [1.54, 1.807) is 0 Å². The Kier molecular flexibility index (Phi) is 4.10. The first-order chi connectivity index (χ1) is 12.4. The van der Waals surface area contributed by atoms with Crippen molar-refractivity contribution in [1.82, 2.24) is 0 Å². The largest absolute Gasteiger partial charge is 0.393 e. The van der Waals surface area contributed by atoms with Gasteiger partial charge in [-0.3, -0.25) is 0 Å². The zero-order valence-corrected chi connectivity index (χ0v) is 17.0. The lowest BCUT2D eigenvalue weighted by Crippen LogP contribution is -2.55. The molecule has 8 atom stereocenters. The van der Waals surface area contributed by atoms with Crippen LogP contribution < -0.4 is 0 Å². The summed E-state index contributed by atoms with van der Waals surface area (Å²) in [5, 5.41) is 10.2. The van der Waals surface area contributed by atoms with E-state index in [1.165, 1.54) is 44.9 Å². The number of hydrogen-bond acceptors (Lipinski definition) is 3. The van der Waals surface area contributed by atoms with Crippen LogP contribution in [-0.2, 0) is 9.47 Å². The quantitative estimate of drug-likeness (QED) is 0.730. The maximum Gasteiger partial charge on any atom is 0.169 e. The molecule has 5 rings (SSSR count). The van der Waals surface area contributed by atoms with Crippen LogP contribution >= 0.6 is 0 Å². The van der Waals surface area contributed by atoms with Crippen molar-refractivity contribution in [3.8, 4) is 0 Å². The van der Waals surface area contributed by atoms with E-state index in [4.69, 9.17) is 9.47 Å². The van der Waals surface area contributed by atoms with Crippen LogP contribution in [-0.4, -0.2) is 30.2 Å². The summed E-state index contributed by atoms with van der Waals surface area (Å²) in [7, 11) is 0. The molecule has 26 heavy (non-hydrogen) atoms. The molecule has 0 radical (unpaired) electrons. The minimum Gasteiger partial charge on any atom is -0.393 e. The Balaban J connectivity index is 1.41. The first kappa shape index (κ1) is 17.9. The molecule has 1 heterocycles. The van der Waals surface area contributed by atoms with E-state index >= 15 is 0 Å². The van der Waals surface area contributed by atoms with E-state index in [0.29, 0.717) is 16.7 Å². The van der Waals surface area contributed by atoms with Crippen molar-refractivity contribution in [2.45, 2.75) is 90.4 Å². The summed E-state index contributed by atoms with van der Waals surface area (Å²) in [6.07, 6.45) is 11.4. The lowest BCUT2D eigenvalue weighted by atomic mass is 9.44. The number of fused-ring (bicyclic) bond motifs is 5. The van der Waals surface area contributed by atoms with Gasteiger partial charge in [-0.25, -0.2) is 0 Å². The highest BCUT2D eigenvalue weighted by molar-refractivity contribution is 5.11. The molecule has 4 aliphatic carbocycles. The Morgan fingerprint density at radius 2 is 1.46 bits per heavy atom. The molecule has 3 nitrogen and oxygen atoms in total. The topological polar surface area (TPSA) is 38.7 Å². The molecule has 1 aliphatic heterocycles. The van der Waals surface area contributed by atoms with Gasteiger partial charge >= 0.3 is 0 Å². The van der Waals surface area contributed by atoms with Gasteiger partial charge < -0.3 is 14.6 Å². The normalized spacial score (nSPS) is 55.8. The van der Waals surface area contributed by atoms with Gasteiger partial charge in [0, 0.05) is 5.92 Å². The van der Waals surface area contributed by atoms with Gasteiger partial charge in [0.25, 0.3) is 0 Å². The van der Waals surface area contributed by atoms with Gasteiger partial charge in [-0.05, 0) is 99.2 Å². The zero-order valence-electron chi connectivity index (χ0n) is 17.0. The monoisotopic (exact) mass is 362 g/mol. The first-order valence-corrected chi connectivity index (χ1v) is 11.3. The highest BCUT2D eigenvalue weighted by atomic mass is 16.7. The van der Waals surface area contributed by atoms with Crippen molar-refractivity contribution in [3.63, 3.8) is 0 Å². The summed E-state index contributed by atoms with van der Waals surface area (Å²) in [6, 6.07) is 0. The fraction of sp³-hybridized carbons (Fsp3) is 1.00. The third-order valence-corrected chi connectivity index (χ3v) is 10.1. The number of hydrogen-bond donors (Lipinski definition) is 1. The van der Waals surface area contributed by atoms with E-state index in [-0.39, 0.29) is 11.9 Å². The van der Waals surface area contributed by atoms with Crippen LogP contribution in [0, 0.1) is 40.4 Å². The molecule has 0 bridgehead atoms. The van der Waals surface area contributed by atoms with Gasteiger partial charge in [0.1, 0.15) is 0 Å². The lowest BCUT2D eigenvalue weighted by molar-refractivity contribution is -0.218. The molecule has 0 amide bonds. The number of aliphatic hydroxyl groups is 1. The Morgan fingerprint density at radius 1 is 0.769 bits per heavy atom. The standard InChI is InChI=1S/C23H38O3/c1-21-10-8-16(24)14-15(21)4-5-17-18-6-7-20(23(3)25-12-13-26-23)22(18,2)11-9-19(17)21/h15-20,24H,4-14H2,1-3H3/t15-,16-,17+,18+,19+,20+,21-,22+/m0/s1. The molecule has 5 aliphatic rings. The van der Waals surface area contributed by atoms with Gasteiger partial charge in [0.05, 0.1) is 19.3 Å². The van der Waals surface area contributed by atoms with Gasteiger partial charge in [-0.1, -0.05) is 13.8 Å². The number of aliphatic hydroxyl groups excluding tert-OH is 1. The molecular weight excluding hydrogens is 324 g/mol. The molecule has 148 valence electrons. The lowest BCUT2D eigenvalue weighted by Gasteiger charge is -2.61. The Labute approximate surface area is 159 Å². The second-order valence-corrected chi connectivity index (χ2v) is 11.0. The molecule has 4 saturated carbocycles. The van der Waals surface area contributed by atoms with Crippen LogP contribution in [0.25, 0.3) is 0 Å². The predicted molar refractivity (Wildman–Crippen MR) is 102 cm³/mol. The van der Waals surface area contributed by atoms with Gasteiger partial charge in [-0.15, -0.1) is 0 Å². The Bertz CT molecular complexity index is 556. The summed E-state index contributed by atoms with van der Waals surface area (Å²) in [6.45, 7) is 8.90. The summed E-state index contributed by atoms with van der Waals surface area (Å²) in [5.41, 5.74) is 0.865. The van der Waals surface area contributed by atoms with Crippen molar-refractivity contribution in [2.75, 3.05) is 13.2 Å². The summed E-state index contributed by atoms with van der Waals surface area (Å²) in [5.74, 6) is 3.59. The fourth-order valence-electron chi connectivity index (χ4n) is 8.83. The van der Waals surface area contributed by atoms with E-state index in [2.05, 4.69) is 20.8 Å². The molecule has 1 N–H and O–H groups in total. The highest BCUT2D eigenvalue weighted by Crippen LogP contribution is 2.69. The molecule has 0 spiro atoms. The van der Waals surface area contributed by atoms with Crippen molar-refractivity contribution in [2.24, 2.45) is 40.4 Å². The molecule has 0 aromatic heterocycles. The van der Waals surface area contributed by atoms with Crippen LogP contribution in [0.1, 0.15) is 78.6 Å². The minimum absolute atomic E-state index is 0.0362. The molecule has 0 unspecified atom stereocenters. The second-order valence-electron chi connectivity index (χ2n) is 11.0. The maximum atomic E-state index is 10.2. The molecule has 1 saturated heterocycles. The van der Waals surface area contributed by atoms with Crippen molar-refractivity contribution < 1.29 is 14.6 Å². The maximum absolute atomic E-state index is 10.2. The van der Waals surface area contributed by atoms with Crippen molar-refractivity contribution in [1.29, 1.82) is 0 Å². The van der Waals surface area contributed by atoms with Gasteiger partial charge in [-0.2, -0.15) is 0 Å². The van der Waals surface area contributed by atoms with Crippen LogP contribution in [0.2, 0.25) is 0 Å². The SMILES string of the molecule is CC1([C@@H]2CC[C@@H]3[C@H]4CC[C@H]5C[C@@H](O)CC[C@]5(C)[C@@H]4CC[C@]32C)OCCO1. The molecule has 0 aromatic carbocycles. The third kappa shape index (κ3) is 2.35. The molecule has 5 fully saturated rings. The third-order valence-electron chi connectivity index (χ3n) is 10.1. The predicted octanol–water partition coefficient (Wildman–Crippen LogP) is 4.77. The van der Waals surface area contributed by atoms with Crippen molar-refractivity contribution >= 4 is 0 Å². The Morgan fingerprint density at radius 3 is 2.23 bits per heavy atom. The van der Waals surface area contributed by atoms with Crippen molar-refractivity contribution in [3.05, 3.63) is 0 Å². The number of rotatable bonds is 1. The van der Waals surface area contributed by atoms with E-state index in [1.807, 2.05) is 0 Å². The highest BCUT2D eigenvalue weighted by Gasteiger charge is 2.63. The minimum atomic E-state index is -0.341. The van der Waals surface area contributed by atoms with Gasteiger partial charge in [0.2, 0.25) is 0 Å². The first-order valence-electron chi connectivity index (χ1n) is 11.3. The number of ether oxygens (including phenoxy) is 2. The van der Waals surface area contributed by atoms with Gasteiger partial charge in [0.15, 0.2) is 5.79 Å². The zero-order chi connectivity index (χ0) is 18.2. The summed E-state index contributed by atoms with van der Waals surface area (Å²) < 4.78 is 12.3. The van der Waals surface area contributed by atoms with E-state index in [0.717, 1.165) is 49.7 Å². The second kappa shape index (κ2) is 5.94. The van der Waals surface area contributed by atoms with Crippen LogP contribution in [0.5, 0.6) is 0 Å². The molecule has 3 heteroatoms. The summed E-state index contributed by atoms with van der Waals surface area (Å²) in [4.78, 5) is 0. The molecule has 0 aromatic rings. The fourth-order valence-corrected chi connectivity index (χ4v) is 8.83. The van der Waals surface area contributed by atoms with E-state index in [9.17, 15) is 5.11 Å². The smallest absolute Gasteiger partial charge is 0.169 e. The molecular formula is C23H38O3.